The number of aliphatic hydroxyl groups is 1. The molecule has 0 bridgehead atoms. The molecule has 0 heterocycles. The first-order chi connectivity index (χ1) is 7.01. The molecule has 0 spiro atoms. The van der Waals surface area contributed by atoms with E-state index in [4.69, 9.17) is 9.84 Å². The minimum absolute atomic E-state index is 0.188. The smallest absolute Gasteiger partial charge is 0.0871 e. The van der Waals surface area contributed by atoms with Gasteiger partial charge in [-0.15, -0.1) is 0 Å². The Kier molecular flexibility index (Phi) is 3.89. The average Bonchev–Trinajstić information content (AvgIpc) is 2.28. The summed E-state index contributed by atoms with van der Waals surface area (Å²) < 4.78 is 5.40. The predicted octanol–water partition coefficient (Wildman–Crippen LogP) is 2.66. The van der Waals surface area contributed by atoms with Crippen LogP contribution in [0.15, 0.2) is 24.3 Å². The lowest BCUT2D eigenvalue weighted by atomic mass is 9.94. The van der Waals surface area contributed by atoms with Crippen molar-refractivity contribution in [2.45, 2.75) is 32.3 Å². The molecule has 0 aliphatic rings. The highest BCUT2D eigenvalue weighted by Crippen LogP contribution is 2.25. The molecule has 15 heavy (non-hydrogen) atoms. The van der Waals surface area contributed by atoms with E-state index in [0.717, 1.165) is 11.1 Å². The average molecular weight is 208 g/mol. The van der Waals surface area contributed by atoms with Crippen LogP contribution in [0.1, 0.15) is 37.8 Å². The van der Waals surface area contributed by atoms with E-state index in [1.165, 1.54) is 0 Å². The van der Waals surface area contributed by atoms with E-state index in [0.29, 0.717) is 0 Å². The molecule has 0 fully saturated rings. The lowest BCUT2D eigenvalue weighted by molar-refractivity contribution is 0.0192. The summed E-state index contributed by atoms with van der Waals surface area (Å²) in [6.07, 6.45) is 0. The van der Waals surface area contributed by atoms with Gasteiger partial charge in [0.15, 0.2) is 0 Å². The van der Waals surface area contributed by atoms with Gasteiger partial charge < -0.3 is 9.84 Å². The van der Waals surface area contributed by atoms with Crippen LogP contribution >= 0.6 is 0 Å². The van der Waals surface area contributed by atoms with Crippen LogP contribution in [0.5, 0.6) is 0 Å². The van der Waals surface area contributed by atoms with Gasteiger partial charge in [0.2, 0.25) is 0 Å². The Bertz CT molecular complexity index is 301. The molecule has 1 unspecified atom stereocenters. The molecule has 0 aromatic heterocycles. The highest BCUT2D eigenvalue weighted by Gasteiger charge is 2.19. The fourth-order valence-corrected chi connectivity index (χ4v) is 1.44. The molecule has 1 atom stereocenters. The van der Waals surface area contributed by atoms with Gasteiger partial charge in [-0.25, -0.2) is 0 Å². The van der Waals surface area contributed by atoms with Gasteiger partial charge in [-0.1, -0.05) is 31.2 Å². The van der Waals surface area contributed by atoms with E-state index in [2.05, 4.69) is 24.3 Å². The summed E-state index contributed by atoms with van der Waals surface area (Å²) in [5, 5.41) is 9.04. The normalized spacial score (nSPS) is 13.9. The number of benzene rings is 1. The van der Waals surface area contributed by atoms with E-state index in [1.54, 1.807) is 7.11 Å². The summed E-state index contributed by atoms with van der Waals surface area (Å²) in [4.78, 5) is 0. The lowest BCUT2D eigenvalue weighted by Crippen LogP contribution is -2.19. The van der Waals surface area contributed by atoms with Gasteiger partial charge in [0.1, 0.15) is 0 Å². The maximum absolute atomic E-state index is 9.04. The first kappa shape index (κ1) is 12.2. The van der Waals surface area contributed by atoms with Crippen molar-refractivity contribution in [3.05, 3.63) is 35.4 Å². The number of hydrogen-bond donors (Lipinski definition) is 1. The standard InChI is InChI=1S/C13H20O2/c1-10(9-14)11-5-7-12(8-6-11)13(2,3)15-4/h5-8,10,14H,9H2,1-4H3. The van der Waals surface area contributed by atoms with E-state index in [9.17, 15) is 0 Å². The molecule has 0 saturated carbocycles. The van der Waals surface area contributed by atoms with Crippen LogP contribution < -0.4 is 0 Å². The van der Waals surface area contributed by atoms with Crippen molar-refractivity contribution in [3.63, 3.8) is 0 Å². The molecule has 1 aromatic carbocycles. The van der Waals surface area contributed by atoms with Crippen molar-refractivity contribution in [1.29, 1.82) is 0 Å². The summed E-state index contributed by atoms with van der Waals surface area (Å²) in [7, 11) is 1.71. The van der Waals surface area contributed by atoms with E-state index in [-0.39, 0.29) is 18.1 Å². The first-order valence-corrected chi connectivity index (χ1v) is 5.27. The fraction of sp³-hybridized carbons (Fsp3) is 0.538. The summed E-state index contributed by atoms with van der Waals surface area (Å²) in [5.41, 5.74) is 2.06. The number of hydrogen-bond acceptors (Lipinski definition) is 2. The molecule has 1 aromatic rings. The van der Waals surface area contributed by atoms with Crippen LogP contribution in [0.4, 0.5) is 0 Å². The molecular weight excluding hydrogens is 188 g/mol. The molecular formula is C13H20O2. The summed E-state index contributed by atoms with van der Waals surface area (Å²) in [5.74, 6) is 0.199. The highest BCUT2D eigenvalue weighted by molar-refractivity contribution is 5.28. The van der Waals surface area contributed by atoms with Gasteiger partial charge >= 0.3 is 0 Å². The molecule has 0 radical (unpaired) electrons. The summed E-state index contributed by atoms with van der Waals surface area (Å²) >= 11 is 0. The van der Waals surface area contributed by atoms with E-state index in [1.807, 2.05) is 20.8 Å². The molecule has 1 rings (SSSR count). The maximum atomic E-state index is 9.04. The molecule has 84 valence electrons. The van der Waals surface area contributed by atoms with Crippen molar-refractivity contribution in [3.8, 4) is 0 Å². The zero-order chi connectivity index (χ0) is 11.5. The molecule has 0 amide bonds. The topological polar surface area (TPSA) is 29.5 Å². The van der Waals surface area contributed by atoms with Crippen LogP contribution in [0, 0.1) is 0 Å². The third-order valence-corrected chi connectivity index (χ3v) is 2.96. The van der Waals surface area contributed by atoms with E-state index >= 15 is 0 Å². The zero-order valence-electron chi connectivity index (χ0n) is 9.95. The number of rotatable bonds is 4. The Morgan fingerprint density at radius 2 is 1.80 bits per heavy atom. The van der Waals surface area contributed by atoms with Crippen LogP contribution in [0.25, 0.3) is 0 Å². The van der Waals surface area contributed by atoms with Crippen LogP contribution in [0.3, 0.4) is 0 Å². The summed E-state index contributed by atoms with van der Waals surface area (Å²) in [6, 6.07) is 8.23. The van der Waals surface area contributed by atoms with Gasteiger partial charge in [-0.2, -0.15) is 0 Å². The van der Waals surface area contributed by atoms with Crippen LogP contribution in [-0.2, 0) is 10.3 Å². The van der Waals surface area contributed by atoms with Gasteiger partial charge in [0, 0.05) is 19.6 Å². The number of methoxy groups -OCH3 is 1. The minimum atomic E-state index is -0.249. The second-order valence-electron chi connectivity index (χ2n) is 4.42. The van der Waals surface area contributed by atoms with Crippen molar-refractivity contribution in [1.82, 2.24) is 0 Å². The van der Waals surface area contributed by atoms with Gasteiger partial charge in [0.25, 0.3) is 0 Å². The molecule has 1 N–H and O–H groups in total. The number of aliphatic hydroxyl groups excluding tert-OH is 1. The van der Waals surface area contributed by atoms with Crippen molar-refractivity contribution in [2.24, 2.45) is 0 Å². The molecule has 2 heteroatoms. The minimum Gasteiger partial charge on any atom is -0.396 e. The Balaban J connectivity index is 2.90. The van der Waals surface area contributed by atoms with Gasteiger partial charge in [-0.05, 0) is 25.0 Å². The Hall–Kier alpha value is -0.860. The second kappa shape index (κ2) is 4.77. The zero-order valence-corrected chi connectivity index (χ0v) is 9.95. The fourth-order valence-electron chi connectivity index (χ4n) is 1.44. The Labute approximate surface area is 91.9 Å². The van der Waals surface area contributed by atoms with Crippen LogP contribution in [-0.4, -0.2) is 18.8 Å². The monoisotopic (exact) mass is 208 g/mol. The largest absolute Gasteiger partial charge is 0.396 e. The third-order valence-electron chi connectivity index (χ3n) is 2.96. The quantitative estimate of drug-likeness (QED) is 0.824. The predicted molar refractivity (Wildman–Crippen MR) is 62.0 cm³/mol. The summed E-state index contributed by atoms with van der Waals surface area (Å²) in [6.45, 7) is 6.28. The number of ether oxygens (including phenoxy) is 1. The Morgan fingerprint density at radius 3 is 2.20 bits per heavy atom. The van der Waals surface area contributed by atoms with Crippen molar-refractivity contribution < 1.29 is 9.84 Å². The SMILES string of the molecule is COC(C)(C)c1ccc(C(C)CO)cc1. The maximum Gasteiger partial charge on any atom is 0.0871 e. The molecule has 0 aliphatic carbocycles. The first-order valence-electron chi connectivity index (χ1n) is 5.27. The van der Waals surface area contributed by atoms with E-state index < -0.39 is 0 Å². The molecule has 0 saturated heterocycles. The van der Waals surface area contributed by atoms with Gasteiger partial charge in [0.05, 0.1) is 5.60 Å². The Morgan fingerprint density at radius 1 is 1.27 bits per heavy atom. The third kappa shape index (κ3) is 2.80. The lowest BCUT2D eigenvalue weighted by Gasteiger charge is -2.24. The molecule has 2 nitrogen and oxygen atoms in total. The van der Waals surface area contributed by atoms with Crippen molar-refractivity contribution in [2.75, 3.05) is 13.7 Å². The van der Waals surface area contributed by atoms with Gasteiger partial charge in [-0.3, -0.25) is 0 Å². The van der Waals surface area contributed by atoms with Crippen molar-refractivity contribution >= 4 is 0 Å². The highest BCUT2D eigenvalue weighted by atomic mass is 16.5. The molecule has 0 aliphatic heterocycles. The second-order valence-corrected chi connectivity index (χ2v) is 4.42. The van der Waals surface area contributed by atoms with Crippen LogP contribution in [0.2, 0.25) is 0 Å².